The maximum atomic E-state index is 3.89. The van der Waals surface area contributed by atoms with E-state index in [1.807, 2.05) is 0 Å². The molecule has 0 aromatic rings. The lowest BCUT2D eigenvalue weighted by Gasteiger charge is -2.05. The van der Waals surface area contributed by atoms with Crippen molar-refractivity contribution in [1.29, 1.82) is 0 Å². The molecule has 0 aliphatic heterocycles. The Labute approximate surface area is 90.1 Å². The zero-order valence-electron chi connectivity index (χ0n) is 9.97. The highest BCUT2D eigenvalue weighted by atomic mass is 14.0. The molecule has 0 aromatic heterocycles. The van der Waals surface area contributed by atoms with Crippen LogP contribution in [0.5, 0.6) is 0 Å². The standard InChI is InChI=1S/C14H26/c1-4-7-9-11-13-14(6-3)12-10-8-5-2/h6,11,13-14H,3-5,7-10,12H2,1-2H3/b13-11+. The second-order valence-electron chi connectivity index (χ2n) is 3.97. The molecule has 0 heterocycles. The van der Waals surface area contributed by atoms with Gasteiger partial charge in [0.05, 0.1) is 0 Å². The van der Waals surface area contributed by atoms with Gasteiger partial charge >= 0.3 is 0 Å². The highest BCUT2D eigenvalue weighted by Gasteiger charge is 1.97. The minimum absolute atomic E-state index is 0.610. The summed E-state index contributed by atoms with van der Waals surface area (Å²) in [6, 6.07) is 0. The molecule has 0 bridgehead atoms. The van der Waals surface area contributed by atoms with Crippen molar-refractivity contribution in [3.05, 3.63) is 24.8 Å². The van der Waals surface area contributed by atoms with Crippen LogP contribution in [0.4, 0.5) is 0 Å². The molecule has 0 nitrogen and oxygen atoms in total. The maximum Gasteiger partial charge on any atom is -0.00562 e. The number of unbranched alkanes of at least 4 members (excludes halogenated alkanes) is 4. The molecule has 1 unspecified atom stereocenters. The van der Waals surface area contributed by atoms with Crippen LogP contribution in [-0.4, -0.2) is 0 Å². The van der Waals surface area contributed by atoms with E-state index in [1.54, 1.807) is 0 Å². The van der Waals surface area contributed by atoms with E-state index < -0.39 is 0 Å². The first kappa shape index (κ1) is 13.5. The van der Waals surface area contributed by atoms with Gasteiger partial charge in [-0.1, -0.05) is 64.2 Å². The molecule has 0 radical (unpaired) electrons. The Bertz CT molecular complexity index is 144. The fourth-order valence-corrected chi connectivity index (χ4v) is 1.52. The van der Waals surface area contributed by atoms with Crippen LogP contribution in [0.15, 0.2) is 24.8 Å². The van der Waals surface area contributed by atoms with Crippen LogP contribution in [0, 0.1) is 5.92 Å². The van der Waals surface area contributed by atoms with Crippen LogP contribution >= 0.6 is 0 Å². The van der Waals surface area contributed by atoms with Crippen molar-refractivity contribution in [3.8, 4) is 0 Å². The molecule has 0 heteroatoms. The van der Waals surface area contributed by atoms with Crippen molar-refractivity contribution in [2.45, 2.75) is 58.8 Å². The fraction of sp³-hybridized carbons (Fsp3) is 0.714. The molecule has 0 N–H and O–H groups in total. The summed E-state index contributed by atoms with van der Waals surface area (Å²) < 4.78 is 0. The molecule has 1 atom stereocenters. The molecule has 0 spiro atoms. The second kappa shape index (κ2) is 10.6. The lowest BCUT2D eigenvalue weighted by atomic mass is 10.0. The zero-order chi connectivity index (χ0) is 10.6. The first-order valence-electron chi connectivity index (χ1n) is 6.14. The monoisotopic (exact) mass is 194 g/mol. The Kier molecular flexibility index (Phi) is 10.2. The van der Waals surface area contributed by atoms with Crippen molar-refractivity contribution in [2.24, 2.45) is 5.92 Å². The average molecular weight is 194 g/mol. The van der Waals surface area contributed by atoms with E-state index >= 15 is 0 Å². The zero-order valence-corrected chi connectivity index (χ0v) is 9.97. The third-order valence-corrected chi connectivity index (χ3v) is 2.55. The van der Waals surface area contributed by atoms with E-state index in [9.17, 15) is 0 Å². The van der Waals surface area contributed by atoms with Crippen LogP contribution < -0.4 is 0 Å². The molecule has 0 saturated carbocycles. The second-order valence-corrected chi connectivity index (χ2v) is 3.97. The van der Waals surface area contributed by atoms with E-state index in [0.717, 1.165) is 0 Å². The largest absolute Gasteiger partial charge is 0.102 e. The summed E-state index contributed by atoms with van der Waals surface area (Å²) in [5, 5.41) is 0. The van der Waals surface area contributed by atoms with Crippen molar-refractivity contribution >= 4 is 0 Å². The molecule has 0 rings (SSSR count). The Morgan fingerprint density at radius 3 is 2.36 bits per heavy atom. The normalized spacial score (nSPS) is 13.3. The van der Waals surface area contributed by atoms with Gasteiger partial charge in [0, 0.05) is 0 Å². The Morgan fingerprint density at radius 2 is 1.79 bits per heavy atom. The van der Waals surface area contributed by atoms with E-state index in [-0.39, 0.29) is 0 Å². The molecule has 0 aromatic carbocycles. The van der Waals surface area contributed by atoms with Gasteiger partial charge in [-0.15, -0.1) is 6.58 Å². The minimum atomic E-state index is 0.610. The molecule has 0 amide bonds. The van der Waals surface area contributed by atoms with Crippen LogP contribution in [0.3, 0.4) is 0 Å². The van der Waals surface area contributed by atoms with Crippen molar-refractivity contribution < 1.29 is 0 Å². The molecular weight excluding hydrogens is 168 g/mol. The smallest absolute Gasteiger partial charge is 0.00562 e. The number of rotatable bonds is 9. The van der Waals surface area contributed by atoms with E-state index in [4.69, 9.17) is 0 Å². The Balaban J connectivity index is 3.56. The first-order chi connectivity index (χ1) is 6.85. The molecule has 14 heavy (non-hydrogen) atoms. The summed E-state index contributed by atoms with van der Waals surface area (Å²) in [6.45, 7) is 8.37. The van der Waals surface area contributed by atoms with Crippen molar-refractivity contribution in [3.63, 3.8) is 0 Å². The van der Waals surface area contributed by atoms with Gasteiger partial charge in [0.25, 0.3) is 0 Å². The number of hydrogen-bond donors (Lipinski definition) is 0. The summed E-state index contributed by atoms with van der Waals surface area (Å²) in [5.74, 6) is 0.610. The van der Waals surface area contributed by atoms with Gasteiger partial charge in [-0.05, 0) is 18.8 Å². The summed E-state index contributed by atoms with van der Waals surface area (Å²) in [7, 11) is 0. The Hall–Kier alpha value is -0.520. The summed E-state index contributed by atoms with van der Waals surface area (Å²) >= 11 is 0. The maximum absolute atomic E-state index is 3.89. The number of allylic oxidation sites excluding steroid dienone is 3. The molecule has 82 valence electrons. The first-order valence-corrected chi connectivity index (χ1v) is 6.14. The lowest BCUT2D eigenvalue weighted by molar-refractivity contribution is 0.610. The third kappa shape index (κ3) is 8.10. The van der Waals surface area contributed by atoms with Gasteiger partial charge in [-0.2, -0.15) is 0 Å². The number of hydrogen-bond acceptors (Lipinski definition) is 0. The van der Waals surface area contributed by atoms with Gasteiger partial charge in [0.2, 0.25) is 0 Å². The van der Waals surface area contributed by atoms with Crippen LogP contribution in [0.25, 0.3) is 0 Å². The van der Waals surface area contributed by atoms with Crippen LogP contribution in [0.2, 0.25) is 0 Å². The van der Waals surface area contributed by atoms with Gasteiger partial charge < -0.3 is 0 Å². The summed E-state index contributed by atoms with van der Waals surface area (Å²) in [4.78, 5) is 0. The molecule has 0 saturated heterocycles. The van der Waals surface area contributed by atoms with Crippen LogP contribution in [0.1, 0.15) is 58.8 Å². The third-order valence-electron chi connectivity index (χ3n) is 2.55. The van der Waals surface area contributed by atoms with E-state index in [1.165, 1.54) is 44.9 Å². The molecular formula is C14H26. The minimum Gasteiger partial charge on any atom is -0.102 e. The van der Waals surface area contributed by atoms with E-state index in [0.29, 0.717) is 5.92 Å². The van der Waals surface area contributed by atoms with E-state index in [2.05, 4.69) is 38.7 Å². The Morgan fingerprint density at radius 1 is 1.07 bits per heavy atom. The highest BCUT2D eigenvalue weighted by Crippen LogP contribution is 2.13. The molecule has 0 aliphatic carbocycles. The highest BCUT2D eigenvalue weighted by molar-refractivity contribution is 4.96. The fourth-order valence-electron chi connectivity index (χ4n) is 1.52. The molecule has 0 fully saturated rings. The summed E-state index contributed by atoms with van der Waals surface area (Å²) in [5.41, 5.74) is 0. The van der Waals surface area contributed by atoms with Gasteiger partial charge in [0.1, 0.15) is 0 Å². The van der Waals surface area contributed by atoms with Crippen LogP contribution in [-0.2, 0) is 0 Å². The van der Waals surface area contributed by atoms with Gasteiger partial charge in [0.15, 0.2) is 0 Å². The SMILES string of the molecule is C=CC(/C=C/CCCC)CCCCC. The van der Waals surface area contributed by atoms with Crippen molar-refractivity contribution in [1.82, 2.24) is 0 Å². The average Bonchev–Trinajstić information content (AvgIpc) is 2.22. The van der Waals surface area contributed by atoms with Crippen molar-refractivity contribution in [2.75, 3.05) is 0 Å². The molecule has 0 aliphatic rings. The predicted molar refractivity (Wildman–Crippen MR) is 66.5 cm³/mol. The lowest BCUT2D eigenvalue weighted by Crippen LogP contribution is -1.91. The quantitative estimate of drug-likeness (QED) is 0.353. The van der Waals surface area contributed by atoms with Gasteiger partial charge in [-0.3, -0.25) is 0 Å². The van der Waals surface area contributed by atoms with Gasteiger partial charge in [-0.25, -0.2) is 0 Å². The topological polar surface area (TPSA) is 0 Å². The predicted octanol–water partition coefficient (Wildman–Crippen LogP) is 5.12. The summed E-state index contributed by atoms with van der Waals surface area (Å²) in [6.07, 6.45) is 15.9.